The van der Waals surface area contributed by atoms with Gasteiger partial charge in [0.05, 0.1) is 11.5 Å². The van der Waals surface area contributed by atoms with Gasteiger partial charge in [-0.25, -0.2) is 8.42 Å². The van der Waals surface area contributed by atoms with Crippen LogP contribution >= 0.6 is 0 Å². The summed E-state index contributed by atoms with van der Waals surface area (Å²) in [5.41, 5.74) is -0.360. The molecule has 0 heterocycles. The molecule has 1 rings (SSSR count). The Bertz CT molecular complexity index is 1060. The fourth-order valence-corrected chi connectivity index (χ4v) is 4.13. The zero-order valence-electron chi connectivity index (χ0n) is 16.2. The molecule has 156 valence electrons. The van der Waals surface area contributed by atoms with Crippen LogP contribution in [0.5, 0.6) is 0 Å². The highest BCUT2D eigenvalue weighted by Gasteiger charge is 2.15. The summed E-state index contributed by atoms with van der Waals surface area (Å²) in [6.45, 7) is 3.66. The third kappa shape index (κ3) is 8.42. The number of hydrogen-bond acceptors (Lipinski definition) is 8. The largest absolute Gasteiger partial charge is 0.328 e. The minimum absolute atomic E-state index is 0.155. The first kappa shape index (κ1) is 24.3. The van der Waals surface area contributed by atoms with Crippen LogP contribution in [0.4, 0.5) is 0 Å². The van der Waals surface area contributed by atoms with E-state index in [1.165, 1.54) is 24.3 Å². The molecule has 0 saturated carbocycles. The van der Waals surface area contributed by atoms with Crippen molar-refractivity contribution < 1.29 is 21.1 Å². The van der Waals surface area contributed by atoms with Crippen molar-refractivity contribution in [1.29, 1.82) is 10.5 Å². The molecule has 0 aliphatic rings. The van der Waals surface area contributed by atoms with E-state index in [0.717, 1.165) is 0 Å². The van der Waals surface area contributed by atoms with E-state index in [2.05, 4.69) is 13.8 Å². The maximum atomic E-state index is 12.0. The molecular weight excluding hydrogens is 416 g/mol. The number of nitriles is 2. The molecule has 0 atom stereocenters. The van der Waals surface area contributed by atoms with E-state index in [1.54, 1.807) is 12.1 Å². The zero-order valence-corrected chi connectivity index (χ0v) is 17.8. The van der Waals surface area contributed by atoms with Gasteiger partial charge in [-0.15, -0.1) is 0 Å². The van der Waals surface area contributed by atoms with E-state index in [4.69, 9.17) is 0 Å². The smallest absolute Gasteiger partial charge is 0.267 e. The lowest BCUT2D eigenvalue weighted by molar-refractivity contribution is 0.339. The molecule has 0 saturated heterocycles. The molecule has 0 N–H and O–H groups in total. The Kier molecular flexibility index (Phi) is 9.45. The van der Waals surface area contributed by atoms with Gasteiger partial charge in [0.2, 0.25) is 0 Å². The Hall–Kier alpha value is -2.76. The zero-order chi connectivity index (χ0) is 21.9. The van der Waals surface area contributed by atoms with Crippen molar-refractivity contribution in [3.05, 3.63) is 35.4 Å². The topological polar surface area (TPSA) is 150 Å². The Morgan fingerprint density at radius 3 is 2.07 bits per heavy atom. The molecule has 0 radical (unpaired) electrons. The first-order valence-electron chi connectivity index (χ1n) is 8.91. The number of nitrogens with zero attached hydrogens (tertiary/aromatic N) is 4. The van der Waals surface area contributed by atoms with Crippen LogP contribution < -0.4 is 0 Å². The lowest BCUT2D eigenvalue weighted by Crippen LogP contribution is -2.10. The molecule has 0 unspecified atom stereocenters. The van der Waals surface area contributed by atoms with E-state index in [1.807, 2.05) is 13.8 Å². The van der Waals surface area contributed by atoms with Gasteiger partial charge in [-0.2, -0.15) is 23.3 Å². The molecule has 0 bridgehead atoms. The number of oxime groups is 1. The normalized spacial score (nSPS) is 12.8. The van der Waals surface area contributed by atoms with Crippen molar-refractivity contribution in [3.8, 4) is 12.1 Å². The summed E-state index contributed by atoms with van der Waals surface area (Å²) in [6, 6.07) is 9.16. The number of sulfonamides is 1. The molecule has 0 aliphatic heterocycles. The molecule has 0 aliphatic carbocycles. The first-order valence-corrected chi connectivity index (χ1v) is 12.1. The number of rotatable bonds is 11. The second kappa shape index (κ2) is 11.3. The quantitative estimate of drug-likeness (QED) is 0.380. The third-order valence-corrected chi connectivity index (χ3v) is 5.95. The average Bonchev–Trinajstić information content (AvgIpc) is 2.69. The van der Waals surface area contributed by atoms with Crippen LogP contribution in [0.2, 0.25) is 0 Å². The van der Waals surface area contributed by atoms with Crippen molar-refractivity contribution in [3.63, 3.8) is 0 Å². The molecule has 11 heteroatoms. The predicted octanol–water partition coefficient (Wildman–Crippen LogP) is 2.50. The Balaban J connectivity index is 3.22. The molecule has 0 aromatic heterocycles. The number of benzene rings is 1. The highest BCUT2D eigenvalue weighted by molar-refractivity contribution is 7.90. The summed E-state index contributed by atoms with van der Waals surface area (Å²) < 4.78 is 55.6. The van der Waals surface area contributed by atoms with Crippen molar-refractivity contribution in [2.75, 3.05) is 11.5 Å². The highest BCUT2D eigenvalue weighted by Crippen LogP contribution is 2.11. The molecule has 0 spiro atoms. The molecule has 1 aromatic rings. The van der Waals surface area contributed by atoms with Gasteiger partial charge >= 0.3 is 10.1 Å². The molecule has 0 amide bonds. The number of hydrogen-bond donors (Lipinski definition) is 0. The minimum Gasteiger partial charge on any atom is -0.267 e. The summed E-state index contributed by atoms with van der Waals surface area (Å²) >= 11 is 0. The summed E-state index contributed by atoms with van der Waals surface area (Å²) in [5.74, 6) is -0.407. The molecule has 9 nitrogen and oxygen atoms in total. The number of unbranched alkanes of at least 4 members (excludes halogenated alkanes) is 2. The van der Waals surface area contributed by atoms with Gasteiger partial charge in [0.1, 0.15) is 12.1 Å². The minimum atomic E-state index is -3.91. The van der Waals surface area contributed by atoms with E-state index < -0.39 is 20.1 Å². The van der Waals surface area contributed by atoms with Gasteiger partial charge in [0, 0.05) is 11.1 Å². The molecule has 1 aromatic carbocycles. The van der Waals surface area contributed by atoms with Gasteiger partial charge in [0.15, 0.2) is 11.4 Å². The first-order chi connectivity index (χ1) is 13.7. The van der Waals surface area contributed by atoms with Crippen LogP contribution in [-0.2, 0) is 24.4 Å². The average molecular weight is 439 g/mol. The van der Waals surface area contributed by atoms with Crippen molar-refractivity contribution in [2.24, 2.45) is 9.55 Å². The van der Waals surface area contributed by atoms with E-state index in [9.17, 15) is 27.4 Å². The molecule has 29 heavy (non-hydrogen) atoms. The van der Waals surface area contributed by atoms with Crippen LogP contribution in [-0.4, -0.2) is 39.8 Å². The summed E-state index contributed by atoms with van der Waals surface area (Å²) in [6.07, 6.45) is 2.12. The summed E-state index contributed by atoms with van der Waals surface area (Å²) in [4.78, 5) is 0. The Morgan fingerprint density at radius 1 is 0.966 bits per heavy atom. The van der Waals surface area contributed by atoms with Crippen molar-refractivity contribution in [2.45, 2.75) is 39.5 Å². The van der Waals surface area contributed by atoms with Gasteiger partial charge < -0.3 is 0 Å². The van der Waals surface area contributed by atoms with E-state index in [0.29, 0.717) is 25.7 Å². The lowest BCUT2D eigenvalue weighted by atomic mass is 10.0. The Labute approximate surface area is 171 Å². The second-order valence-corrected chi connectivity index (χ2v) is 9.44. The second-order valence-electron chi connectivity index (χ2n) is 6.01. The van der Waals surface area contributed by atoms with Crippen LogP contribution in [0.3, 0.4) is 0 Å². The van der Waals surface area contributed by atoms with Gasteiger partial charge in [0.25, 0.3) is 10.0 Å². The SMILES string of the molecule is CCCCS(=O)(=O)N=C(C#N)c1cccc(C(C#N)=NOS(=O)(=O)CCCC)c1. The predicted molar refractivity (Wildman–Crippen MR) is 109 cm³/mol. The molecule has 0 fully saturated rings. The summed E-state index contributed by atoms with van der Waals surface area (Å²) in [7, 11) is -7.73. The third-order valence-electron chi connectivity index (χ3n) is 3.60. The van der Waals surface area contributed by atoms with E-state index >= 15 is 0 Å². The van der Waals surface area contributed by atoms with Gasteiger partial charge in [-0.3, -0.25) is 4.28 Å². The van der Waals surface area contributed by atoms with Crippen LogP contribution in [0.25, 0.3) is 0 Å². The monoisotopic (exact) mass is 438 g/mol. The van der Waals surface area contributed by atoms with E-state index in [-0.39, 0.29) is 34.1 Å². The van der Waals surface area contributed by atoms with Crippen molar-refractivity contribution >= 4 is 31.6 Å². The standard InChI is InChI=1S/C18H22N4O5S2/c1-3-5-10-28(23,24)22-18(14-20)16-9-7-8-15(12-16)17(13-19)21-27-29(25,26)11-6-4-2/h7-9,12H,3-6,10-11H2,1-2H3. The Morgan fingerprint density at radius 2 is 1.52 bits per heavy atom. The van der Waals surface area contributed by atoms with Gasteiger partial charge in [-0.1, -0.05) is 50.0 Å². The lowest BCUT2D eigenvalue weighted by Gasteiger charge is -2.04. The van der Waals surface area contributed by atoms with Crippen LogP contribution in [0.15, 0.2) is 33.8 Å². The maximum absolute atomic E-state index is 12.0. The van der Waals surface area contributed by atoms with Crippen LogP contribution in [0.1, 0.15) is 50.7 Å². The van der Waals surface area contributed by atoms with Gasteiger partial charge in [-0.05, 0) is 18.9 Å². The fraction of sp³-hybridized carbons (Fsp3) is 0.444. The van der Waals surface area contributed by atoms with Crippen LogP contribution in [0, 0.1) is 22.7 Å². The highest BCUT2D eigenvalue weighted by atomic mass is 32.2. The summed E-state index contributed by atoms with van der Waals surface area (Å²) in [5, 5.41) is 22.0. The van der Waals surface area contributed by atoms with Crippen molar-refractivity contribution in [1.82, 2.24) is 0 Å². The maximum Gasteiger partial charge on any atom is 0.328 e. The fourth-order valence-electron chi connectivity index (χ4n) is 2.05. The molecular formula is C18H22N4O5S2.